The van der Waals surface area contributed by atoms with Crippen molar-refractivity contribution < 1.29 is 29.0 Å². The second-order valence-electron chi connectivity index (χ2n) is 11.7. The fourth-order valence-electron chi connectivity index (χ4n) is 5.36. The SMILES string of the molecule is CC(=O)[C@@]12C[C@H]1/C=C\CC[C@@H](C)C[C@@H](C)[C@H](NC(=O)OC(C)(C)C)C(=O)N1C[C@H](O)C[C@H]1C(=O)N2. The minimum Gasteiger partial charge on any atom is -0.444 e. The number of nitrogens with one attached hydrogen (secondary N) is 2. The van der Waals surface area contributed by atoms with E-state index in [0.717, 1.165) is 12.8 Å². The number of allylic oxidation sites excluding steroid dienone is 1. The van der Waals surface area contributed by atoms with Crippen molar-refractivity contribution in [2.45, 2.75) is 103 Å². The molecule has 196 valence electrons. The van der Waals surface area contributed by atoms with Crippen molar-refractivity contribution in [3.05, 3.63) is 12.2 Å². The summed E-state index contributed by atoms with van der Waals surface area (Å²) in [6.45, 7) is 10.7. The molecular formula is C26H41N3O6. The predicted octanol–water partition coefficient (Wildman–Crippen LogP) is 2.32. The summed E-state index contributed by atoms with van der Waals surface area (Å²) in [5, 5.41) is 16.0. The topological polar surface area (TPSA) is 125 Å². The van der Waals surface area contributed by atoms with Crippen LogP contribution in [-0.4, -0.2) is 69.6 Å². The van der Waals surface area contributed by atoms with E-state index in [9.17, 15) is 24.3 Å². The lowest BCUT2D eigenvalue weighted by Gasteiger charge is -2.33. The molecule has 3 N–H and O–H groups in total. The monoisotopic (exact) mass is 491 g/mol. The molecule has 9 heteroatoms. The summed E-state index contributed by atoms with van der Waals surface area (Å²) in [6, 6.07) is -1.83. The number of rotatable bonds is 2. The van der Waals surface area contributed by atoms with Crippen LogP contribution in [0.15, 0.2) is 12.2 Å². The van der Waals surface area contributed by atoms with E-state index in [4.69, 9.17) is 4.74 Å². The zero-order valence-corrected chi connectivity index (χ0v) is 21.8. The summed E-state index contributed by atoms with van der Waals surface area (Å²) >= 11 is 0. The van der Waals surface area contributed by atoms with Crippen molar-refractivity contribution in [3.8, 4) is 0 Å². The van der Waals surface area contributed by atoms with Crippen LogP contribution in [0, 0.1) is 17.8 Å². The van der Waals surface area contributed by atoms with Gasteiger partial charge in [0, 0.05) is 18.9 Å². The van der Waals surface area contributed by atoms with E-state index >= 15 is 0 Å². The molecule has 0 bridgehead atoms. The Morgan fingerprint density at radius 3 is 2.54 bits per heavy atom. The molecule has 3 amide bonds. The Labute approximate surface area is 208 Å². The van der Waals surface area contributed by atoms with Gasteiger partial charge < -0.3 is 25.4 Å². The molecule has 7 atom stereocenters. The number of ether oxygens (including phenoxy) is 1. The van der Waals surface area contributed by atoms with Gasteiger partial charge in [0.25, 0.3) is 0 Å². The minimum absolute atomic E-state index is 0.0118. The Bertz CT molecular complexity index is 881. The van der Waals surface area contributed by atoms with Crippen LogP contribution >= 0.6 is 0 Å². The maximum absolute atomic E-state index is 13.8. The summed E-state index contributed by atoms with van der Waals surface area (Å²) < 4.78 is 5.41. The first-order valence-electron chi connectivity index (χ1n) is 12.7. The average molecular weight is 492 g/mol. The first-order valence-corrected chi connectivity index (χ1v) is 12.7. The van der Waals surface area contributed by atoms with Crippen molar-refractivity contribution in [3.63, 3.8) is 0 Å². The van der Waals surface area contributed by atoms with Crippen molar-refractivity contribution in [2.75, 3.05) is 6.54 Å². The van der Waals surface area contributed by atoms with Crippen LogP contribution < -0.4 is 10.6 Å². The largest absolute Gasteiger partial charge is 0.444 e. The molecule has 2 fully saturated rings. The number of carbonyl (C=O) groups is 4. The molecule has 0 aromatic rings. The highest BCUT2D eigenvalue weighted by molar-refractivity contribution is 5.98. The molecule has 3 rings (SSSR count). The molecule has 0 unspecified atom stereocenters. The molecule has 1 aliphatic carbocycles. The van der Waals surface area contributed by atoms with Gasteiger partial charge in [-0.2, -0.15) is 0 Å². The number of fused-ring (bicyclic) bond motifs is 2. The van der Waals surface area contributed by atoms with E-state index in [1.165, 1.54) is 11.8 Å². The third-order valence-corrected chi connectivity index (χ3v) is 7.33. The number of aliphatic hydroxyl groups excluding tert-OH is 1. The smallest absolute Gasteiger partial charge is 0.408 e. The first kappa shape index (κ1) is 27.2. The molecule has 35 heavy (non-hydrogen) atoms. The number of ketones is 1. The summed E-state index contributed by atoms with van der Waals surface area (Å²) in [7, 11) is 0. The van der Waals surface area contributed by atoms with E-state index < -0.39 is 47.2 Å². The molecule has 9 nitrogen and oxygen atoms in total. The molecule has 2 heterocycles. The quantitative estimate of drug-likeness (QED) is 0.509. The van der Waals surface area contributed by atoms with Gasteiger partial charge in [0.2, 0.25) is 11.8 Å². The van der Waals surface area contributed by atoms with E-state index in [2.05, 4.69) is 23.6 Å². The second kappa shape index (κ2) is 10.3. The lowest BCUT2D eigenvalue weighted by molar-refractivity contribution is -0.142. The number of carbonyl (C=O) groups excluding carboxylic acids is 4. The Balaban J connectivity index is 1.92. The summed E-state index contributed by atoms with van der Waals surface area (Å²) in [6.07, 6.45) is 5.53. The molecule has 0 spiro atoms. The third kappa shape index (κ3) is 6.42. The molecule has 0 radical (unpaired) electrons. The van der Waals surface area contributed by atoms with Crippen molar-refractivity contribution >= 4 is 23.7 Å². The number of nitrogens with zero attached hydrogens (tertiary/aromatic N) is 1. The van der Waals surface area contributed by atoms with Gasteiger partial charge in [0.05, 0.1) is 6.10 Å². The van der Waals surface area contributed by atoms with Gasteiger partial charge in [-0.25, -0.2) is 4.79 Å². The Kier molecular flexibility index (Phi) is 7.99. The third-order valence-electron chi connectivity index (χ3n) is 7.33. The standard InChI is InChI=1S/C26H41N3O6/c1-15-9-7-8-10-18-13-26(18,17(3)30)28-22(32)20-12-19(31)14-29(20)23(33)21(16(2)11-15)27-24(34)35-25(4,5)6/h8,10,15-16,18-21,31H,7,9,11-14H2,1-6H3,(H,27,34)(H,28,32)/b10-8-/t15-,16-,18-,19-,20+,21+,26+/m1/s1. The molecule has 1 saturated heterocycles. The van der Waals surface area contributed by atoms with Gasteiger partial charge in [0.15, 0.2) is 5.78 Å². The maximum atomic E-state index is 13.8. The number of hydrogen-bond acceptors (Lipinski definition) is 6. The minimum atomic E-state index is -0.955. The Morgan fingerprint density at radius 2 is 1.91 bits per heavy atom. The van der Waals surface area contributed by atoms with Crippen molar-refractivity contribution in [1.29, 1.82) is 0 Å². The van der Waals surface area contributed by atoms with Crippen molar-refractivity contribution in [1.82, 2.24) is 15.5 Å². The number of amides is 3. The fraction of sp³-hybridized carbons (Fsp3) is 0.769. The number of aliphatic hydroxyl groups is 1. The van der Waals surface area contributed by atoms with Gasteiger partial charge in [-0.3, -0.25) is 14.4 Å². The van der Waals surface area contributed by atoms with Gasteiger partial charge in [0.1, 0.15) is 23.2 Å². The van der Waals surface area contributed by atoms with Crippen LogP contribution in [0.2, 0.25) is 0 Å². The highest BCUT2D eigenvalue weighted by Crippen LogP contribution is 2.46. The lowest BCUT2D eigenvalue weighted by Crippen LogP contribution is -2.58. The van der Waals surface area contributed by atoms with Crippen LogP contribution in [0.4, 0.5) is 4.79 Å². The van der Waals surface area contributed by atoms with Gasteiger partial charge in [-0.15, -0.1) is 0 Å². The van der Waals surface area contributed by atoms with Crippen LogP contribution in [0.1, 0.15) is 73.6 Å². The van der Waals surface area contributed by atoms with Crippen LogP contribution in [-0.2, 0) is 19.1 Å². The van der Waals surface area contributed by atoms with E-state index in [1.54, 1.807) is 20.8 Å². The van der Waals surface area contributed by atoms with Crippen molar-refractivity contribution in [2.24, 2.45) is 17.8 Å². The number of alkyl carbamates (subject to hydrolysis) is 1. The number of hydrogen-bond donors (Lipinski definition) is 3. The van der Waals surface area contributed by atoms with Crippen LogP contribution in [0.25, 0.3) is 0 Å². The highest BCUT2D eigenvalue weighted by Gasteiger charge is 2.59. The zero-order valence-electron chi connectivity index (χ0n) is 21.8. The van der Waals surface area contributed by atoms with E-state index in [1.807, 2.05) is 13.0 Å². The second-order valence-corrected chi connectivity index (χ2v) is 11.7. The number of Topliss-reactive ketones (excluding diaryl/α,β-unsaturated/α-hetero) is 1. The van der Waals surface area contributed by atoms with Crippen LogP contribution in [0.5, 0.6) is 0 Å². The Hall–Kier alpha value is -2.42. The van der Waals surface area contributed by atoms with Gasteiger partial charge >= 0.3 is 6.09 Å². The molecular weight excluding hydrogens is 450 g/mol. The maximum Gasteiger partial charge on any atom is 0.408 e. The van der Waals surface area contributed by atoms with Crippen LogP contribution in [0.3, 0.4) is 0 Å². The lowest BCUT2D eigenvalue weighted by atomic mass is 9.88. The molecule has 0 aromatic carbocycles. The average Bonchev–Trinajstić information content (AvgIpc) is 3.28. The Morgan fingerprint density at radius 1 is 1.23 bits per heavy atom. The highest BCUT2D eigenvalue weighted by atomic mass is 16.6. The summed E-state index contributed by atoms with van der Waals surface area (Å²) in [5.74, 6) is -1.00. The zero-order chi connectivity index (χ0) is 26.1. The van der Waals surface area contributed by atoms with Gasteiger partial charge in [-0.1, -0.05) is 26.0 Å². The first-order chi connectivity index (χ1) is 16.2. The molecule has 3 aliphatic rings. The molecule has 1 saturated carbocycles. The molecule has 2 aliphatic heterocycles. The predicted molar refractivity (Wildman–Crippen MR) is 130 cm³/mol. The summed E-state index contributed by atoms with van der Waals surface area (Å²) in [4.78, 5) is 53.5. The summed E-state index contributed by atoms with van der Waals surface area (Å²) in [5.41, 5.74) is -1.69. The fourth-order valence-corrected chi connectivity index (χ4v) is 5.36. The normalized spacial score (nSPS) is 37.2. The molecule has 0 aromatic heterocycles. The van der Waals surface area contributed by atoms with Gasteiger partial charge in [-0.05, 0) is 65.2 Å². The van der Waals surface area contributed by atoms with E-state index in [0.29, 0.717) is 12.8 Å². The van der Waals surface area contributed by atoms with E-state index in [-0.39, 0.29) is 36.5 Å².